The zero-order valence-corrected chi connectivity index (χ0v) is 10.8. The molecule has 0 aliphatic heterocycles. The fourth-order valence-corrected chi connectivity index (χ4v) is 1.80. The number of benzene rings is 1. The molecule has 0 fully saturated rings. The van der Waals surface area contributed by atoms with Gasteiger partial charge in [0.2, 0.25) is 5.91 Å². The second-order valence-corrected chi connectivity index (χ2v) is 5.08. The summed E-state index contributed by atoms with van der Waals surface area (Å²) >= 11 is 0. The lowest BCUT2D eigenvalue weighted by atomic mass is 9.91. The first-order valence-corrected chi connectivity index (χ1v) is 5.72. The van der Waals surface area contributed by atoms with E-state index in [0.717, 1.165) is 5.56 Å². The van der Waals surface area contributed by atoms with Crippen LogP contribution in [0.15, 0.2) is 24.3 Å². The monoisotopic (exact) mass is 219 g/mol. The van der Waals surface area contributed by atoms with Crippen molar-refractivity contribution in [3.63, 3.8) is 0 Å². The van der Waals surface area contributed by atoms with Gasteiger partial charge in [0, 0.05) is 6.92 Å². The number of hydrogen-bond acceptors (Lipinski definition) is 1. The van der Waals surface area contributed by atoms with Crippen molar-refractivity contribution in [1.82, 2.24) is 5.32 Å². The molecule has 1 rings (SSSR count). The van der Waals surface area contributed by atoms with Gasteiger partial charge in [-0.3, -0.25) is 4.79 Å². The first-order chi connectivity index (χ1) is 7.33. The summed E-state index contributed by atoms with van der Waals surface area (Å²) < 4.78 is 0. The van der Waals surface area contributed by atoms with Crippen LogP contribution in [0.3, 0.4) is 0 Å². The molecule has 0 radical (unpaired) electrons. The maximum Gasteiger partial charge on any atom is 0.217 e. The molecule has 0 aliphatic rings. The third-order valence-electron chi connectivity index (χ3n) is 2.79. The highest BCUT2D eigenvalue weighted by atomic mass is 16.1. The molecule has 2 heteroatoms. The van der Waals surface area contributed by atoms with Gasteiger partial charge < -0.3 is 5.32 Å². The van der Waals surface area contributed by atoms with Gasteiger partial charge in [-0.25, -0.2) is 0 Å². The molecule has 1 amide bonds. The van der Waals surface area contributed by atoms with Crippen LogP contribution in [0.5, 0.6) is 0 Å². The highest BCUT2D eigenvalue weighted by Gasteiger charge is 2.20. The largest absolute Gasteiger partial charge is 0.347 e. The van der Waals surface area contributed by atoms with E-state index >= 15 is 0 Å². The van der Waals surface area contributed by atoms with Crippen molar-refractivity contribution in [3.8, 4) is 0 Å². The van der Waals surface area contributed by atoms with E-state index in [9.17, 15) is 4.79 Å². The fourth-order valence-electron chi connectivity index (χ4n) is 1.80. The maximum absolute atomic E-state index is 11.1. The van der Waals surface area contributed by atoms with Gasteiger partial charge in [-0.05, 0) is 30.9 Å². The normalized spacial score (nSPS) is 11.6. The SMILES string of the molecule is CC(=O)NC(C)(C)c1ccc(C(C)C)cc1. The predicted octanol–water partition coefficient (Wildman–Crippen LogP) is 3.18. The summed E-state index contributed by atoms with van der Waals surface area (Å²) in [6.07, 6.45) is 0. The van der Waals surface area contributed by atoms with E-state index in [2.05, 4.69) is 43.4 Å². The summed E-state index contributed by atoms with van der Waals surface area (Å²) in [5, 5.41) is 2.95. The Morgan fingerprint density at radius 1 is 1.19 bits per heavy atom. The van der Waals surface area contributed by atoms with Crippen LogP contribution in [0, 0.1) is 0 Å². The number of rotatable bonds is 3. The van der Waals surface area contributed by atoms with Gasteiger partial charge in [-0.1, -0.05) is 38.1 Å². The first kappa shape index (κ1) is 12.8. The lowest BCUT2D eigenvalue weighted by molar-refractivity contribution is -0.120. The lowest BCUT2D eigenvalue weighted by Crippen LogP contribution is -2.39. The van der Waals surface area contributed by atoms with Crippen LogP contribution >= 0.6 is 0 Å². The minimum Gasteiger partial charge on any atom is -0.347 e. The van der Waals surface area contributed by atoms with Gasteiger partial charge in [0.25, 0.3) is 0 Å². The van der Waals surface area contributed by atoms with Crippen molar-refractivity contribution in [2.75, 3.05) is 0 Å². The number of amides is 1. The van der Waals surface area contributed by atoms with Gasteiger partial charge in [0.15, 0.2) is 0 Å². The zero-order valence-electron chi connectivity index (χ0n) is 10.8. The van der Waals surface area contributed by atoms with Crippen molar-refractivity contribution in [2.45, 2.75) is 46.1 Å². The molecular weight excluding hydrogens is 198 g/mol. The molecule has 0 saturated carbocycles. The molecule has 0 bridgehead atoms. The van der Waals surface area contributed by atoms with Gasteiger partial charge in [0.05, 0.1) is 5.54 Å². The minimum atomic E-state index is -0.304. The van der Waals surface area contributed by atoms with Gasteiger partial charge in [0.1, 0.15) is 0 Å². The molecular formula is C14H21NO. The van der Waals surface area contributed by atoms with Gasteiger partial charge in [-0.15, -0.1) is 0 Å². The molecule has 16 heavy (non-hydrogen) atoms. The molecule has 0 atom stereocenters. The second-order valence-electron chi connectivity index (χ2n) is 5.08. The van der Waals surface area contributed by atoms with Crippen LogP contribution in [0.1, 0.15) is 51.7 Å². The highest BCUT2D eigenvalue weighted by molar-refractivity contribution is 5.74. The Bertz CT molecular complexity index is 363. The molecule has 2 nitrogen and oxygen atoms in total. The maximum atomic E-state index is 11.1. The van der Waals surface area contributed by atoms with E-state index in [1.165, 1.54) is 5.56 Å². The highest BCUT2D eigenvalue weighted by Crippen LogP contribution is 2.22. The molecule has 1 N–H and O–H groups in total. The third kappa shape index (κ3) is 3.09. The minimum absolute atomic E-state index is 0.00191. The molecule has 88 valence electrons. The fraction of sp³-hybridized carbons (Fsp3) is 0.500. The molecule has 0 aromatic heterocycles. The van der Waals surface area contributed by atoms with E-state index in [4.69, 9.17) is 0 Å². The van der Waals surface area contributed by atoms with E-state index in [-0.39, 0.29) is 11.4 Å². The molecule has 0 heterocycles. The molecule has 0 aliphatic carbocycles. The summed E-state index contributed by atoms with van der Waals surface area (Å²) in [5.74, 6) is 0.538. The van der Waals surface area contributed by atoms with Gasteiger partial charge >= 0.3 is 0 Å². The number of carbonyl (C=O) groups excluding carboxylic acids is 1. The number of carbonyl (C=O) groups is 1. The molecule has 1 aromatic carbocycles. The first-order valence-electron chi connectivity index (χ1n) is 5.72. The Balaban J connectivity index is 2.92. The van der Waals surface area contributed by atoms with Crippen molar-refractivity contribution < 1.29 is 4.79 Å². The Morgan fingerprint density at radius 3 is 2.06 bits per heavy atom. The predicted molar refractivity (Wildman–Crippen MR) is 67.4 cm³/mol. The standard InChI is InChI=1S/C14H21NO/c1-10(2)12-6-8-13(9-7-12)14(4,5)15-11(3)16/h6-10H,1-5H3,(H,15,16). The van der Waals surface area contributed by atoms with E-state index in [1.54, 1.807) is 6.92 Å². The van der Waals surface area contributed by atoms with Crippen LogP contribution < -0.4 is 5.32 Å². The summed E-state index contributed by atoms with van der Waals surface area (Å²) in [4.78, 5) is 11.1. The average molecular weight is 219 g/mol. The molecule has 1 aromatic rings. The summed E-state index contributed by atoms with van der Waals surface area (Å²) in [5.41, 5.74) is 2.15. The van der Waals surface area contributed by atoms with Crippen molar-refractivity contribution in [2.24, 2.45) is 0 Å². The van der Waals surface area contributed by atoms with Crippen LogP contribution in [0.4, 0.5) is 0 Å². The Hall–Kier alpha value is -1.31. The van der Waals surface area contributed by atoms with Crippen molar-refractivity contribution in [1.29, 1.82) is 0 Å². The summed E-state index contributed by atoms with van der Waals surface area (Å²) in [6, 6.07) is 8.43. The lowest BCUT2D eigenvalue weighted by Gasteiger charge is -2.26. The quantitative estimate of drug-likeness (QED) is 0.831. The van der Waals surface area contributed by atoms with Crippen LogP contribution in [-0.4, -0.2) is 5.91 Å². The van der Waals surface area contributed by atoms with E-state index < -0.39 is 0 Å². The van der Waals surface area contributed by atoms with E-state index in [1.807, 2.05) is 13.8 Å². The topological polar surface area (TPSA) is 29.1 Å². The van der Waals surface area contributed by atoms with Gasteiger partial charge in [-0.2, -0.15) is 0 Å². The number of nitrogens with one attached hydrogen (secondary N) is 1. The second kappa shape index (κ2) is 4.69. The summed E-state index contributed by atoms with van der Waals surface area (Å²) in [7, 11) is 0. The molecule has 0 spiro atoms. The molecule has 0 unspecified atom stereocenters. The van der Waals surface area contributed by atoms with Crippen LogP contribution in [0.25, 0.3) is 0 Å². The Kier molecular flexibility index (Phi) is 3.74. The third-order valence-corrected chi connectivity index (χ3v) is 2.79. The van der Waals surface area contributed by atoms with E-state index in [0.29, 0.717) is 5.92 Å². The molecule has 0 saturated heterocycles. The zero-order chi connectivity index (χ0) is 12.3. The summed E-state index contributed by atoms with van der Waals surface area (Å²) in [6.45, 7) is 9.92. The van der Waals surface area contributed by atoms with Crippen LogP contribution in [-0.2, 0) is 10.3 Å². The average Bonchev–Trinajstić information content (AvgIpc) is 2.16. The smallest absolute Gasteiger partial charge is 0.217 e. The Labute approximate surface area is 98.1 Å². The van der Waals surface area contributed by atoms with Crippen molar-refractivity contribution in [3.05, 3.63) is 35.4 Å². The Morgan fingerprint density at radius 2 is 1.69 bits per heavy atom. The number of hydrogen-bond donors (Lipinski definition) is 1. The van der Waals surface area contributed by atoms with Crippen LogP contribution in [0.2, 0.25) is 0 Å². The van der Waals surface area contributed by atoms with Crippen molar-refractivity contribution >= 4 is 5.91 Å².